The molecule has 6 heavy (non-hydrogen) atoms. The highest BCUT2D eigenvalue weighted by molar-refractivity contribution is 4.73. The molecule has 0 unspecified atom stereocenters. The van der Waals surface area contributed by atoms with Gasteiger partial charge in [-0.2, -0.15) is 0 Å². The van der Waals surface area contributed by atoms with Crippen LogP contribution in [0.5, 0.6) is 0 Å². The molecule has 0 amide bonds. The Balaban J connectivity index is 1.88. The Kier molecular flexibility index (Phi) is 1.10. The van der Waals surface area contributed by atoms with Gasteiger partial charge < -0.3 is 0 Å². The van der Waals surface area contributed by atoms with Gasteiger partial charge in [-0.3, -0.25) is 0 Å². The number of hydrogen-bond donors (Lipinski definition) is 0. The maximum atomic E-state index is 4.00. The molecule has 1 radical (unpaired) electrons. The summed E-state index contributed by atoms with van der Waals surface area (Å²) in [5.74, 6) is 0.981. The zero-order valence-electron chi connectivity index (χ0n) is 4.15. The first-order valence-corrected chi connectivity index (χ1v) is 2.49. The fraction of sp³-hybridized carbons (Fsp3) is 1.00. The smallest absolute Gasteiger partial charge is 0.0158 e. The summed E-state index contributed by atoms with van der Waals surface area (Å²) in [6.45, 7) is 1.11. The molecular weight excluding hydrogens is 74.1 g/mol. The normalized spacial score (nSPS) is 21.5. The fourth-order valence-corrected chi connectivity index (χ4v) is 0.559. The second-order valence-electron chi connectivity index (χ2n) is 1.94. The van der Waals surface area contributed by atoms with Crippen molar-refractivity contribution in [1.82, 2.24) is 5.32 Å². The minimum atomic E-state index is 0.981. The lowest BCUT2D eigenvalue weighted by Crippen LogP contribution is -1.99. The largest absolute Gasteiger partial charge is 0.245 e. The SMILES string of the molecule is C[N]CC1CC1. The molecule has 0 heterocycles. The minimum absolute atomic E-state index is 0.981. The maximum absolute atomic E-state index is 4.00. The van der Waals surface area contributed by atoms with E-state index in [0.717, 1.165) is 12.5 Å². The second-order valence-corrected chi connectivity index (χ2v) is 1.94. The van der Waals surface area contributed by atoms with Crippen molar-refractivity contribution in [2.75, 3.05) is 13.6 Å². The van der Waals surface area contributed by atoms with Gasteiger partial charge in [0.2, 0.25) is 0 Å². The molecule has 0 aromatic heterocycles. The Morgan fingerprint density at radius 2 is 2.33 bits per heavy atom. The van der Waals surface area contributed by atoms with Crippen molar-refractivity contribution in [1.29, 1.82) is 0 Å². The molecule has 1 aliphatic rings. The molecule has 1 heteroatoms. The monoisotopic (exact) mass is 84.1 g/mol. The zero-order valence-corrected chi connectivity index (χ0v) is 4.15. The van der Waals surface area contributed by atoms with Gasteiger partial charge in [0.1, 0.15) is 0 Å². The number of nitrogens with zero attached hydrogens (tertiary/aromatic N) is 1. The molecule has 1 nitrogen and oxygen atoms in total. The van der Waals surface area contributed by atoms with Crippen LogP contribution in [-0.4, -0.2) is 13.6 Å². The summed E-state index contributed by atoms with van der Waals surface area (Å²) in [4.78, 5) is 0. The number of hydrogen-bond acceptors (Lipinski definition) is 0. The predicted molar refractivity (Wildman–Crippen MR) is 25.6 cm³/mol. The van der Waals surface area contributed by atoms with Gasteiger partial charge >= 0.3 is 0 Å². The fourth-order valence-electron chi connectivity index (χ4n) is 0.559. The third-order valence-corrected chi connectivity index (χ3v) is 1.14. The summed E-state index contributed by atoms with van der Waals surface area (Å²) < 4.78 is 0. The van der Waals surface area contributed by atoms with E-state index >= 15 is 0 Å². The van der Waals surface area contributed by atoms with Crippen LogP contribution < -0.4 is 5.32 Å². The first-order chi connectivity index (χ1) is 2.93. The summed E-state index contributed by atoms with van der Waals surface area (Å²) in [7, 11) is 1.89. The lowest BCUT2D eigenvalue weighted by Gasteiger charge is -1.84. The molecule has 0 saturated heterocycles. The topological polar surface area (TPSA) is 14.1 Å². The highest BCUT2D eigenvalue weighted by Crippen LogP contribution is 2.27. The van der Waals surface area contributed by atoms with E-state index in [2.05, 4.69) is 5.32 Å². The first-order valence-electron chi connectivity index (χ1n) is 2.49. The van der Waals surface area contributed by atoms with Crippen LogP contribution in [0.4, 0.5) is 0 Å². The average Bonchev–Trinajstić information content (AvgIpc) is 2.21. The van der Waals surface area contributed by atoms with Gasteiger partial charge in [0.15, 0.2) is 0 Å². The Bertz CT molecular complexity index is 39.2. The molecule has 0 aliphatic heterocycles. The first kappa shape index (κ1) is 4.13. The predicted octanol–water partition coefficient (Wildman–Crippen LogP) is 0.631. The van der Waals surface area contributed by atoms with E-state index in [-0.39, 0.29) is 0 Å². The van der Waals surface area contributed by atoms with Gasteiger partial charge in [-0.25, -0.2) is 5.32 Å². The molecule has 0 N–H and O–H groups in total. The summed E-state index contributed by atoms with van der Waals surface area (Å²) >= 11 is 0. The molecule has 0 aromatic rings. The van der Waals surface area contributed by atoms with Crippen LogP contribution in [-0.2, 0) is 0 Å². The van der Waals surface area contributed by atoms with Gasteiger partial charge in [0.25, 0.3) is 0 Å². The van der Waals surface area contributed by atoms with Crippen molar-refractivity contribution in [3.05, 3.63) is 0 Å². The molecule has 0 aromatic carbocycles. The highest BCUT2D eigenvalue weighted by atomic mass is 14.8. The van der Waals surface area contributed by atoms with Crippen LogP contribution >= 0.6 is 0 Å². The highest BCUT2D eigenvalue weighted by Gasteiger charge is 2.19. The second kappa shape index (κ2) is 1.61. The lowest BCUT2D eigenvalue weighted by atomic mass is 10.4. The maximum Gasteiger partial charge on any atom is 0.0158 e. The van der Waals surface area contributed by atoms with Gasteiger partial charge in [-0.15, -0.1) is 0 Å². The Hall–Kier alpha value is -0.0400. The van der Waals surface area contributed by atoms with Crippen LogP contribution in [0.2, 0.25) is 0 Å². The van der Waals surface area contributed by atoms with Crippen molar-refractivity contribution in [2.45, 2.75) is 12.8 Å². The van der Waals surface area contributed by atoms with Gasteiger partial charge in [0, 0.05) is 13.6 Å². The van der Waals surface area contributed by atoms with Crippen LogP contribution in [0.25, 0.3) is 0 Å². The van der Waals surface area contributed by atoms with Gasteiger partial charge in [-0.1, -0.05) is 0 Å². The van der Waals surface area contributed by atoms with Gasteiger partial charge in [0.05, 0.1) is 0 Å². The third kappa shape index (κ3) is 0.977. The van der Waals surface area contributed by atoms with Crippen LogP contribution in [0.3, 0.4) is 0 Å². The number of rotatable bonds is 2. The van der Waals surface area contributed by atoms with E-state index in [0.29, 0.717) is 0 Å². The molecule has 1 fully saturated rings. The molecule has 0 spiro atoms. The van der Waals surface area contributed by atoms with Gasteiger partial charge in [-0.05, 0) is 18.8 Å². The standard InChI is InChI=1S/C5H10N/c1-6-4-5-2-3-5/h5H,2-4H2,1H3. The van der Waals surface area contributed by atoms with E-state index in [1.807, 2.05) is 7.05 Å². The molecule has 0 atom stereocenters. The Labute approximate surface area is 38.7 Å². The summed E-state index contributed by atoms with van der Waals surface area (Å²) in [6, 6.07) is 0. The van der Waals surface area contributed by atoms with E-state index < -0.39 is 0 Å². The van der Waals surface area contributed by atoms with Crippen molar-refractivity contribution in [3.8, 4) is 0 Å². The third-order valence-electron chi connectivity index (χ3n) is 1.14. The van der Waals surface area contributed by atoms with Crippen molar-refractivity contribution in [3.63, 3.8) is 0 Å². The van der Waals surface area contributed by atoms with E-state index in [4.69, 9.17) is 0 Å². The average molecular weight is 84.1 g/mol. The van der Waals surface area contributed by atoms with Crippen molar-refractivity contribution < 1.29 is 0 Å². The summed E-state index contributed by atoms with van der Waals surface area (Å²) in [5, 5.41) is 4.00. The lowest BCUT2D eigenvalue weighted by molar-refractivity contribution is 0.705. The van der Waals surface area contributed by atoms with Crippen LogP contribution in [0, 0.1) is 5.92 Å². The zero-order chi connectivity index (χ0) is 4.41. The molecule has 1 rings (SSSR count). The Morgan fingerprint density at radius 3 is 2.50 bits per heavy atom. The van der Waals surface area contributed by atoms with E-state index in [1.54, 1.807) is 0 Å². The molecule has 35 valence electrons. The van der Waals surface area contributed by atoms with Crippen LogP contribution in [0.15, 0.2) is 0 Å². The minimum Gasteiger partial charge on any atom is -0.245 e. The Morgan fingerprint density at radius 1 is 1.67 bits per heavy atom. The summed E-state index contributed by atoms with van der Waals surface area (Å²) in [6.07, 6.45) is 2.86. The molecule has 1 saturated carbocycles. The molecule has 1 aliphatic carbocycles. The van der Waals surface area contributed by atoms with Crippen molar-refractivity contribution in [2.24, 2.45) is 5.92 Å². The molecule has 0 bridgehead atoms. The molecular formula is C5H10N. The quantitative estimate of drug-likeness (QED) is 0.466. The van der Waals surface area contributed by atoms with E-state index in [1.165, 1.54) is 12.8 Å². The summed E-state index contributed by atoms with van der Waals surface area (Å²) in [5.41, 5.74) is 0. The van der Waals surface area contributed by atoms with Crippen molar-refractivity contribution >= 4 is 0 Å². The van der Waals surface area contributed by atoms with Crippen LogP contribution in [0.1, 0.15) is 12.8 Å². The van der Waals surface area contributed by atoms with E-state index in [9.17, 15) is 0 Å².